The Morgan fingerprint density at radius 3 is 2.39 bits per heavy atom. The summed E-state index contributed by atoms with van der Waals surface area (Å²) in [5, 5.41) is 16.6. The van der Waals surface area contributed by atoms with Crippen LogP contribution in [-0.2, 0) is 13.1 Å². The number of benzene rings is 2. The topological polar surface area (TPSA) is 59.7 Å². The second-order valence-electron chi connectivity index (χ2n) is 7.32. The van der Waals surface area contributed by atoms with Crippen LogP contribution in [0.25, 0.3) is 0 Å². The lowest BCUT2D eigenvalue weighted by Gasteiger charge is -2.08. The molecule has 2 N–H and O–H groups in total. The minimum Gasteiger partial charge on any atom is -0.316 e. The van der Waals surface area contributed by atoms with Crippen molar-refractivity contribution in [3.8, 4) is 0 Å². The summed E-state index contributed by atoms with van der Waals surface area (Å²) in [5.41, 5.74) is 4.50. The molecule has 31 heavy (non-hydrogen) atoms. The summed E-state index contributed by atoms with van der Waals surface area (Å²) in [5.74, 6) is 1.35. The Balaban J connectivity index is 1.37. The molecule has 0 fully saturated rings. The molecule has 0 saturated carbocycles. The molecule has 0 bridgehead atoms. The van der Waals surface area contributed by atoms with Gasteiger partial charge in [-0.1, -0.05) is 54.1 Å². The molecular formula is C23H23ClN6S. The van der Waals surface area contributed by atoms with Crippen molar-refractivity contribution < 1.29 is 0 Å². The van der Waals surface area contributed by atoms with Crippen molar-refractivity contribution in [3.05, 3.63) is 94.3 Å². The van der Waals surface area contributed by atoms with E-state index in [2.05, 4.69) is 39.9 Å². The molecule has 158 valence electrons. The average molecular weight is 451 g/mol. The summed E-state index contributed by atoms with van der Waals surface area (Å²) in [7, 11) is 0. The predicted octanol–water partition coefficient (Wildman–Crippen LogP) is 5.26. The highest BCUT2D eigenvalue weighted by Crippen LogP contribution is 2.18. The van der Waals surface area contributed by atoms with E-state index in [-0.39, 0.29) is 0 Å². The molecule has 0 unspecified atom stereocenters. The molecule has 6 nitrogen and oxygen atoms in total. The van der Waals surface area contributed by atoms with Gasteiger partial charge in [0.05, 0.1) is 13.1 Å². The molecular weight excluding hydrogens is 428 g/mol. The third-order valence-electron chi connectivity index (χ3n) is 4.98. The molecule has 0 radical (unpaired) electrons. The summed E-state index contributed by atoms with van der Waals surface area (Å²) in [6, 6.07) is 19.9. The molecule has 4 aromatic rings. The third-order valence-corrected chi connectivity index (χ3v) is 5.55. The first-order valence-corrected chi connectivity index (χ1v) is 10.7. The summed E-state index contributed by atoms with van der Waals surface area (Å²) >= 11 is 11.7. The second kappa shape index (κ2) is 9.32. The van der Waals surface area contributed by atoms with Gasteiger partial charge in [-0.3, -0.25) is 9.36 Å². The van der Waals surface area contributed by atoms with E-state index in [0.717, 1.165) is 16.3 Å². The predicted molar refractivity (Wildman–Crippen MR) is 130 cm³/mol. The third kappa shape index (κ3) is 5.31. The molecule has 4 rings (SSSR count). The lowest BCUT2D eigenvalue weighted by molar-refractivity contribution is 0.668. The van der Waals surface area contributed by atoms with Crippen molar-refractivity contribution in [1.82, 2.24) is 19.6 Å². The van der Waals surface area contributed by atoms with E-state index in [1.165, 1.54) is 11.1 Å². The molecule has 0 spiro atoms. The van der Waals surface area contributed by atoms with Gasteiger partial charge >= 0.3 is 0 Å². The Bertz CT molecular complexity index is 1210. The first kappa shape index (κ1) is 21.1. The molecule has 2 aromatic heterocycles. The number of aromatic nitrogens is 4. The zero-order chi connectivity index (χ0) is 21.8. The summed E-state index contributed by atoms with van der Waals surface area (Å²) < 4.78 is 3.78. The molecule has 8 heteroatoms. The first-order valence-electron chi connectivity index (χ1n) is 9.92. The van der Waals surface area contributed by atoms with E-state index in [4.69, 9.17) is 23.8 Å². The molecule has 0 saturated heterocycles. The van der Waals surface area contributed by atoms with Crippen LogP contribution in [0.3, 0.4) is 0 Å². The summed E-state index contributed by atoms with van der Waals surface area (Å²) in [6.07, 6.45) is 1.93. The van der Waals surface area contributed by atoms with Gasteiger partial charge in [-0.05, 0) is 48.8 Å². The van der Waals surface area contributed by atoms with Crippen LogP contribution in [0, 0.1) is 13.8 Å². The lowest BCUT2D eigenvalue weighted by Crippen LogP contribution is -2.20. The molecule has 0 atom stereocenters. The van der Waals surface area contributed by atoms with E-state index in [1.54, 1.807) is 0 Å². The molecule has 0 aliphatic heterocycles. The van der Waals surface area contributed by atoms with Gasteiger partial charge in [0.2, 0.25) is 0 Å². The van der Waals surface area contributed by atoms with Gasteiger partial charge in [0.1, 0.15) is 0 Å². The van der Waals surface area contributed by atoms with Crippen molar-refractivity contribution in [2.75, 3.05) is 10.6 Å². The van der Waals surface area contributed by atoms with Gasteiger partial charge in [0, 0.05) is 29.0 Å². The quantitative estimate of drug-likeness (QED) is 0.392. The normalized spacial score (nSPS) is 10.8. The zero-order valence-electron chi connectivity index (χ0n) is 17.3. The Morgan fingerprint density at radius 2 is 1.61 bits per heavy atom. The zero-order valence-corrected chi connectivity index (χ0v) is 18.9. The fourth-order valence-corrected chi connectivity index (χ4v) is 3.67. The van der Waals surface area contributed by atoms with Crippen LogP contribution in [0.1, 0.15) is 22.4 Å². The standard InChI is InChI=1S/C23H23ClN6S/c1-16-7-3-4-8-18(16)14-29-12-11-21(27-29)25-23(31)26-22-13-17(2)30(28-22)15-19-9-5-6-10-20(19)24/h3-13H,14-15H2,1-2H3,(H2,25,26,27,28,31). The van der Waals surface area contributed by atoms with E-state index in [0.29, 0.717) is 29.8 Å². The summed E-state index contributed by atoms with van der Waals surface area (Å²) in [6.45, 7) is 5.40. The summed E-state index contributed by atoms with van der Waals surface area (Å²) in [4.78, 5) is 0. The Kier molecular flexibility index (Phi) is 6.34. The number of halogens is 1. The Labute approximate surface area is 191 Å². The van der Waals surface area contributed by atoms with Crippen LogP contribution in [-0.4, -0.2) is 24.7 Å². The Hall–Kier alpha value is -3.16. The van der Waals surface area contributed by atoms with Gasteiger partial charge in [-0.2, -0.15) is 10.2 Å². The fraction of sp³-hybridized carbons (Fsp3) is 0.174. The average Bonchev–Trinajstić information content (AvgIpc) is 3.31. The largest absolute Gasteiger partial charge is 0.316 e. The SMILES string of the molecule is Cc1ccccc1Cn1ccc(NC(=S)Nc2cc(C)n(Cc3ccccc3Cl)n2)n1. The maximum atomic E-state index is 6.27. The van der Waals surface area contributed by atoms with Crippen LogP contribution in [0.5, 0.6) is 0 Å². The minimum absolute atomic E-state index is 0.434. The molecule has 0 amide bonds. The van der Waals surface area contributed by atoms with Crippen molar-refractivity contribution in [2.45, 2.75) is 26.9 Å². The van der Waals surface area contributed by atoms with Crippen LogP contribution in [0.4, 0.5) is 11.6 Å². The van der Waals surface area contributed by atoms with Crippen molar-refractivity contribution in [1.29, 1.82) is 0 Å². The first-order chi connectivity index (χ1) is 15.0. The van der Waals surface area contributed by atoms with Crippen molar-refractivity contribution in [2.24, 2.45) is 0 Å². The maximum Gasteiger partial charge on any atom is 0.177 e. The monoisotopic (exact) mass is 450 g/mol. The molecule has 2 aromatic carbocycles. The number of aryl methyl sites for hydroxylation is 2. The highest BCUT2D eigenvalue weighted by atomic mass is 35.5. The van der Waals surface area contributed by atoms with Crippen LogP contribution < -0.4 is 10.6 Å². The van der Waals surface area contributed by atoms with Gasteiger partial charge in [0.25, 0.3) is 0 Å². The number of nitrogens with one attached hydrogen (secondary N) is 2. The maximum absolute atomic E-state index is 6.27. The number of nitrogens with zero attached hydrogens (tertiary/aromatic N) is 4. The number of anilines is 2. The Morgan fingerprint density at radius 1 is 0.903 bits per heavy atom. The minimum atomic E-state index is 0.434. The van der Waals surface area contributed by atoms with Crippen molar-refractivity contribution >= 4 is 40.6 Å². The van der Waals surface area contributed by atoms with E-state index in [9.17, 15) is 0 Å². The fourth-order valence-electron chi connectivity index (χ4n) is 3.26. The van der Waals surface area contributed by atoms with Gasteiger partial charge in [-0.15, -0.1) is 0 Å². The number of thiocarbonyl (C=S) groups is 1. The van der Waals surface area contributed by atoms with Gasteiger partial charge in [0.15, 0.2) is 16.7 Å². The molecule has 0 aliphatic carbocycles. The molecule has 0 aliphatic rings. The number of hydrogen-bond donors (Lipinski definition) is 2. The van der Waals surface area contributed by atoms with E-state index >= 15 is 0 Å². The highest BCUT2D eigenvalue weighted by molar-refractivity contribution is 7.80. The van der Waals surface area contributed by atoms with E-state index in [1.807, 2.05) is 71.0 Å². The second-order valence-corrected chi connectivity index (χ2v) is 8.14. The molecule has 2 heterocycles. The lowest BCUT2D eigenvalue weighted by atomic mass is 10.1. The van der Waals surface area contributed by atoms with Gasteiger partial charge < -0.3 is 10.6 Å². The van der Waals surface area contributed by atoms with Crippen LogP contribution in [0.15, 0.2) is 66.9 Å². The number of rotatable bonds is 6. The smallest absolute Gasteiger partial charge is 0.177 e. The van der Waals surface area contributed by atoms with Crippen molar-refractivity contribution in [3.63, 3.8) is 0 Å². The van der Waals surface area contributed by atoms with Crippen LogP contribution in [0.2, 0.25) is 5.02 Å². The number of hydrogen-bond acceptors (Lipinski definition) is 3. The van der Waals surface area contributed by atoms with Gasteiger partial charge in [-0.25, -0.2) is 0 Å². The van der Waals surface area contributed by atoms with Crippen LogP contribution >= 0.6 is 23.8 Å². The van der Waals surface area contributed by atoms with E-state index < -0.39 is 0 Å². The highest BCUT2D eigenvalue weighted by Gasteiger charge is 2.09.